The Morgan fingerprint density at radius 1 is 1.41 bits per heavy atom. The second-order valence-corrected chi connectivity index (χ2v) is 8.25. The number of aliphatic imine (C=N–C) groups is 1. The average Bonchev–Trinajstić information content (AvgIpc) is 3.00. The molecule has 1 aromatic heterocycles. The zero-order chi connectivity index (χ0) is 15.9. The van der Waals surface area contributed by atoms with E-state index in [0.29, 0.717) is 12.3 Å². The fraction of sp³-hybridized carbons (Fsp3) is 0.714. The van der Waals surface area contributed by atoms with Crippen LogP contribution in [0, 0.1) is 11.8 Å². The molecule has 4 atom stereocenters. The van der Waals surface area contributed by atoms with Gasteiger partial charge >= 0.3 is 6.18 Å². The Morgan fingerprint density at radius 2 is 2.14 bits per heavy atom. The quantitative estimate of drug-likeness (QED) is 0.826. The summed E-state index contributed by atoms with van der Waals surface area (Å²) < 4.78 is 41.0. The Morgan fingerprint density at radius 3 is 2.82 bits per heavy atom. The molecule has 0 aromatic carbocycles. The van der Waals surface area contributed by atoms with Crippen LogP contribution >= 0.6 is 11.1 Å². The number of fused-ring (bicyclic) bond motifs is 1. The van der Waals surface area contributed by atoms with Crippen LogP contribution < -0.4 is 0 Å². The molecule has 0 radical (unpaired) electrons. The number of rotatable bonds is 3. The highest BCUT2D eigenvalue weighted by Crippen LogP contribution is 2.51. The van der Waals surface area contributed by atoms with Crippen molar-refractivity contribution < 1.29 is 18.3 Å². The minimum absolute atomic E-state index is 0.189. The highest BCUT2D eigenvalue weighted by molar-refractivity contribution is 8.29. The maximum Gasteiger partial charge on any atom is 0.439 e. The van der Waals surface area contributed by atoms with Gasteiger partial charge in [0.1, 0.15) is 11.8 Å². The van der Waals surface area contributed by atoms with Crippen LogP contribution in [0.3, 0.4) is 0 Å². The van der Waals surface area contributed by atoms with Crippen LogP contribution in [-0.2, 0) is 0 Å². The van der Waals surface area contributed by atoms with E-state index in [1.54, 1.807) is 0 Å². The maximum absolute atomic E-state index is 13.2. The predicted octanol–water partition coefficient (Wildman–Crippen LogP) is 3.79. The van der Waals surface area contributed by atoms with Crippen LogP contribution in [0.4, 0.5) is 19.0 Å². The summed E-state index contributed by atoms with van der Waals surface area (Å²) >= 11 is -1.95. The number of aliphatic hydroxyl groups excluding tert-OH is 1. The molecule has 4 nitrogen and oxygen atoms in total. The molecule has 22 heavy (non-hydrogen) atoms. The topological polar surface area (TPSA) is 50.4 Å². The lowest BCUT2D eigenvalue weighted by Gasteiger charge is -2.34. The molecule has 4 unspecified atom stereocenters. The first-order valence-electron chi connectivity index (χ1n) is 7.53. The molecule has 124 valence electrons. The van der Waals surface area contributed by atoms with Crippen molar-refractivity contribution in [2.45, 2.75) is 50.6 Å². The van der Waals surface area contributed by atoms with E-state index in [1.165, 1.54) is 22.9 Å². The summed E-state index contributed by atoms with van der Waals surface area (Å²) in [5, 5.41) is 9.67. The first-order valence-corrected chi connectivity index (χ1v) is 8.90. The van der Waals surface area contributed by atoms with Gasteiger partial charge in [-0.3, -0.25) is 3.97 Å². The SMILES string of the molecule is CC1CCCCC1CC(O)[SH]1C(C(F)(F)F)=Nc2cncn21. The summed E-state index contributed by atoms with van der Waals surface area (Å²) in [6, 6.07) is 0. The molecule has 1 N–H and O–H groups in total. The summed E-state index contributed by atoms with van der Waals surface area (Å²) in [6.07, 6.45) is 2.88. The molecule has 2 heterocycles. The fourth-order valence-electron chi connectivity index (χ4n) is 3.38. The lowest BCUT2D eigenvalue weighted by molar-refractivity contribution is -0.0555. The molecule has 0 amide bonds. The van der Waals surface area contributed by atoms with Crippen LogP contribution in [0.25, 0.3) is 0 Å². The smallest absolute Gasteiger partial charge is 0.382 e. The third kappa shape index (κ3) is 2.90. The van der Waals surface area contributed by atoms with Gasteiger partial charge in [-0.1, -0.05) is 43.7 Å². The molecular weight excluding hydrogens is 315 g/mol. The Balaban J connectivity index is 1.81. The van der Waals surface area contributed by atoms with Gasteiger partial charge in [0, 0.05) is 0 Å². The number of hydrogen-bond acceptors (Lipinski definition) is 3. The summed E-state index contributed by atoms with van der Waals surface area (Å²) in [4.78, 5) is 7.51. The third-order valence-electron chi connectivity index (χ3n) is 4.61. The Kier molecular flexibility index (Phi) is 4.24. The molecule has 0 spiro atoms. The molecule has 0 saturated heterocycles. The minimum atomic E-state index is -4.51. The van der Waals surface area contributed by atoms with Crippen LogP contribution in [0.2, 0.25) is 0 Å². The van der Waals surface area contributed by atoms with Gasteiger partial charge in [-0.05, 0) is 18.3 Å². The standard InChI is InChI=1S/C14H20F3N3OS/c1-9-4-2-3-5-10(9)6-12(21)22-13(14(15,16)17)19-11-7-18-8-20(11)22/h7-10,12,21-22H,2-6H2,1H3. The van der Waals surface area contributed by atoms with E-state index in [0.717, 1.165) is 19.3 Å². The van der Waals surface area contributed by atoms with Crippen molar-refractivity contribution in [1.82, 2.24) is 8.96 Å². The Labute approximate surface area is 129 Å². The van der Waals surface area contributed by atoms with Crippen molar-refractivity contribution in [3.8, 4) is 0 Å². The van der Waals surface area contributed by atoms with Crippen molar-refractivity contribution in [3.05, 3.63) is 12.5 Å². The van der Waals surface area contributed by atoms with Crippen molar-refractivity contribution in [3.63, 3.8) is 0 Å². The van der Waals surface area contributed by atoms with Crippen LogP contribution in [0.15, 0.2) is 17.5 Å². The molecule has 1 aliphatic carbocycles. The normalized spacial score (nSPS) is 31.7. The molecule has 1 aromatic rings. The Hall–Kier alpha value is -1.02. The molecular formula is C14H20F3N3OS. The van der Waals surface area contributed by atoms with Crippen molar-refractivity contribution in [2.24, 2.45) is 16.8 Å². The number of aromatic nitrogens is 2. The first-order chi connectivity index (χ1) is 10.4. The van der Waals surface area contributed by atoms with Crippen molar-refractivity contribution >= 4 is 21.9 Å². The molecule has 2 aliphatic rings. The van der Waals surface area contributed by atoms with Crippen molar-refractivity contribution in [1.29, 1.82) is 0 Å². The molecule has 0 bridgehead atoms. The maximum atomic E-state index is 13.2. The zero-order valence-electron chi connectivity index (χ0n) is 12.3. The Bertz CT molecular complexity index is 572. The van der Waals surface area contributed by atoms with Gasteiger partial charge in [0.15, 0.2) is 10.9 Å². The van der Waals surface area contributed by atoms with Crippen LogP contribution in [0.1, 0.15) is 39.0 Å². The molecule has 1 fully saturated rings. The van der Waals surface area contributed by atoms with E-state index in [2.05, 4.69) is 16.9 Å². The van der Waals surface area contributed by atoms with E-state index in [4.69, 9.17) is 0 Å². The zero-order valence-corrected chi connectivity index (χ0v) is 13.2. The second-order valence-electron chi connectivity index (χ2n) is 6.11. The third-order valence-corrected chi connectivity index (χ3v) is 6.94. The van der Waals surface area contributed by atoms with Gasteiger partial charge in [0.25, 0.3) is 0 Å². The van der Waals surface area contributed by atoms with E-state index in [9.17, 15) is 18.3 Å². The monoisotopic (exact) mass is 335 g/mol. The van der Waals surface area contributed by atoms with Gasteiger partial charge in [0.2, 0.25) is 0 Å². The highest BCUT2D eigenvalue weighted by Gasteiger charge is 2.46. The van der Waals surface area contributed by atoms with Gasteiger partial charge in [0.05, 0.1) is 6.20 Å². The van der Waals surface area contributed by atoms with Gasteiger partial charge in [-0.2, -0.15) is 13.2 Å². The lowest BCUT2D eigenvalue weighted by Crippen LogP contribution is -2.30. The minimum Gasteiger partial charge on any atom is -0.382 e. The number of aliphatic hydroxyl groups is 1. The van der Waals surface area contributed by atoms with E-state index < -0.39 is 27.7 Å². The lowest BCUT2D eigenvalue weighted by atomic mass is 9.79. The van der Waals surface area contributed by atoms with E-state index in [-0.39, 0.29) is 11.7 Å². The predicted molar refractivity (Wildman–Crippen MR) is 81.5 cm³/mol. The van der Waals surface area contributed by atoms with Crippen molar-refractivity contribution in [2.75, 3.05) is 0 Å². The summed E-state index contributed by atoms with van der Waals surface area (Å²) in [7, 11) is 0. The van der Waals surface area contributed by atoms with Gasteiger partial charge in [-0.25, -0.2) is 9.98 Å². The number of thiol groups is 1. The van der Waals surface area contributed by atoms with Crippen LogP contribution in [-0.4, -0.2) is 30.7 Å². The van der Waals surface area contributed by atoms with Crippen LogP contribution in [0.5, 0.6) is 0 Å². The second kappa shape index (κ2) is 5.88. The number of hydrogen-bond donors (Lipinski definition) is 2. The molecule has 1 saturated carbocycles. The fourth-order valence-corrected chi connectivity index (χ4v) is 5.58. The largest absolute Gasteiger partial charge is 0.439 e. The first kappa shape index (κ1) is 15.9. The van der Waals surface area contributed by atoms with E-state index >= 15 is 0 Å². The average molecular weight is 335 g/mol. The van der Waals surface area contributed by atoms with Gasteiger partial charge < -0.3 is 5.11 Å². The van der Waals surface area contributed by atoms with E-state index in [1.807, 2.05) is 0 Å². The number of alkyl halides is 3. The molecule has 3 rings (SSSR count). The number of nitrogens with zero attached hydrogens (tertiary/aromatic N) is 3. The summed E-state index contributed by atoms with van der Waals surface area (Å²) in [5.41, 5.74) is -1.03. The summed E-state index contributed by atoms with van der Waals surface area (Å²) in [6.45, 7) is 2.12. The molecule has 8 heteroatoms. The number of halogens is 3. The van der Waals surface area contributed by atoms with Gasteiger partial charge in [-0.15, -0.1) is 0 Å². The number of imidazole rings is 1. The highest BCUT2D eigenvalue weighted by atomic mass is 32.2. The summed E-state index contributed by atoms with van der Waals surface area (Å²) in [5.74, 6) is 0.928. The molecule has 1 aliphatic heterocycles.